The molecule has 1 amide bonds. The van der Waals surface area contributed by atoms with Crippen molar-refractivity contribution in [2.45, 2.75) is 82.2 Å². The maximum atomic E-state index is 12.9. The lowest BCUT2D eigenvalue weighted by Gasteiger charge is -2.28. The standard InChI is InChI=1S/C20H30N2O/c1-19(2,18(23)22-17-10-5-3-4-6-11-17)15-8-7-9-16(14-15)20(21)12-13-20/h7-9,14,17H,3-6,10-13,21H2,1-2H3,(H,22,23). The second-order valence-corrected chi connectivity index (χ2v) is 8.02. The number of carbonyl (C=O) groups is 1. The van der Waals surface area contributed by atoms with E-state index in [1.54, 1.807) is 0 Å². The van der Waals surface area contributed by atoms with E-state index < -0.39 is 5.41 Å². The van der Waals surface area contributed by atoms with Crippen LogP contribution in [0.1, 0.15) is 76.3 Å². The quantitative estimate of drug-likeness (QED) is 0.832. The van der Waals surface area contributed by atoms with Crippen LogP contribution in [0.4, 0.5) is 0 Å². The Hall–Kier alpha value is -1.35. The van der Waals surface area contributed by atoms with E-state index in [2.05, 4.69) is 23.5 Å². The van der Waals surface area contributed by atoms with Crippen LogP contribution < -0.4 is 11.1 Å². The van der Waals surface area contributed by atoms with Gasteiger partial charge in [-0.15, -0.1) is 0 Å². The Labute approximate surface area is 140 Å². The lowest BCUT2D eigenvalue weighted by molar-refractivity contribution is -0.126. The molecular weight excluding hydrogens is 284 g/mol. The summed E-state index contributed by atoms with van der Waals surface area (Å²) in [6.07, 6.45) is 9.40. The van der Waals surface area contributed by atoms with E-state index in [0.717, 1.165) is 31.2 Å². The van der Waals surface area contributed by atoms with E-state index in [1.165, 1.54) is 31.2 Å². The van der Waals surface area contributed by atoms with Gasteiger partial charge in [0.2, 0.25) is 5.91 Å². The van der Waals surface area contributed by atoms with Gasteiger partial charge in [-0.25, -0.2) is 0 Å². The normalized spacial score (nSPS) is 21.5. The second kappa shape index (κ2) is 6.27. The summed E-state index contributed by atoms with van der Waals surface area (Å²) in [5.41, 5.74) is 7.89. The number of benzene rings is 1. The van der Waals surface area contributed by atoms with Crippen LogP contribution >= 0.6 is 0 Å². The lowest BCUT2D eigenvalue weighted by Crippen LogP contribution is -2.45. The van der Waals surface area contributed by atoms with Gasteiger partial charge in [0.15, 0.2) is 0 Å². The van der Waals surface area contributed by atoms with Gasteiger partial charge in [0.05, 0.1) is 5.41 Å². The van der Waals surface area contributed by atoms with Gasteiger partial charge in [-0.3, -0.25) is 4.79 Å². The summed E-state index contributed by atoms with van der Waals surface area (Å²) in [5.74, 6) is 0.142. The van der Waals surface area contributed by atoms with Crippen LogP contribution in [0.3, 0.4) is 0 Å². The smallest absolute Gasteiger partial charge is 0.230 e. The Morgan fingerprint density at radius 3 is 2.43 bits per heavy atom. The first-order chi connectivity index (χ1) is 10.9. The minimum atomic E-state index is -0.520. The molecule has 0 radical (unpaired) electrons. The molecule has 23 heavy (non-hydrogen) atoms. The summed E-state index contributed by atoms with van der Waals surface area (Å²) in [6.45, 7) is 4.04. The Balaban J connectivity index is 1.73. The number of hydrogen-bond donors (Lipinski definition) is 2. The van der Waals surface area contributed by atoms with Gasteiger partial charge in [-0.2, -0.15) is 0 Å². The van der Waals surface area contributed by atoms with Gasteiger partial charge in [0.1, 0.15) is 0 Å². The van der Waals surface area contributed by atoms with Crippen LogP contribution in [-0.2, 0) is 15.7 Å². The highest BCUT2D eigenvalue weighted by molar-refractivity contribution is 5.87. The first-order valence-electron chi connectivity index (χ1n) is 9.13. The van der Waals surface area contributed by atoms with Crippen molar-refractivity contribution in [1.29, 1.82) is 0 Å². The molecular formula is C20H30N2O. The molecule has 0 heterocycles. The van der Waals surface area contributed by atoms with E-state index in [-0.39, 0.29) is 11.4 Å². The third-order valence-electron chi connectivity index (χ3n) is 5.71. The molecule has 3 rings (SSSR count). The summed E-state index contributed by atoms with van der Waals surface area (Å²) < 4.78 is 0. The number of amides is 1. The van der Waals surface area contributed by atoms with Crippen LogP contribution in [-0.4, -0.2) is 11.9 Å². The minimum Gasteiger partial charge on any atom is -0.353 e. The second-order valence-electron chi connectivity index (χ2n) is 8.02. The summed E-state index contributed by atoms with van der Waals surface area (Å²) in [7, 11) is 0. The van der Waals surface area contributed by atoms with Gasteiger partial charge >= 0.3 is 0 Å². The molecule has 3 nitrogen and oxygen atoms in total. The Bertz CT molecular complexity index is 567. The third-order valence-corrected chi connectivity index (χ3v) is 5.71. The van der Waals surface area contributed by atoms with Crippen LogP contribution in [0.25, 0.3) is 0 Å². The first kappa shape index (κ1) is 16.5. The van der Waals surface area contributed by atoms with Crippen LogP contribution in [0.2, 0.25) is 0 Å². The molecule has 0 atom stereocenters. The van der Waals surface area contributed by atoms with Gasteiger partial charge in [0.25, 0.3) is 0 Å². The van der Waals surface area contributed by atoms with Crippen molar-refractivity contribution in [3.8, 4) is 0 Å². The van der Waals surface area contributed by atoms with E-state index >= 15 is 0 Å². The molecule has 0 spiro atoms. The number of rotatable bonds is 4. The zero-order valence-corrected chi connectivity index (χ0v) is 14.5. The molecule has 0 aliphatic heterocycles. The van der Waals surface area contributed by atoms with Gasteiger partial charge in [0, 0.05) is 11.6 Å². The summed E-state index contributed by atoms with van der Waals surface area (Å²) >= 11 is 0. The van der Waals surface area contributed by atoms with E-state index in [9.17, 15) is 4.79 Å². The van der Waals surface area contributed by atoms with Crippen LogP contribution in [0.5, 0.6) is 0 Å². The molecule has 0 aromatic heterocycles. The predicted octanol–water partition coefficient (Wildman–Crippen LogP) is 3.75. The molecule has 1 aromatic rings. The molecule has 0 saturated heterocycles. The molecule has 0 unspecified atom stereocenters. The SMILES string of the molecule is CC(C)(C(=O)NC1CCCCCC1)c1cccc(C2(N)CC2)c1. The van der Waals surface area contributed by atoms with Crippen molar-refractivity contribution in [2.75, 3.05) is 0 Å². The summed E-state index contributed by atoms with van der Waals surface area (Å²) in [4.78, 5) is 12.9. The van der Waals surface area contributed by atoms with E-state index in [4.69, 9.17) is 5.73 Å². The van der Waals surface area contributed by atoms with Crippen molar-refractivity contribution < 1.29 is 4.79 Å². The average Bonchev–Trinajstić information content (AvgIpc) is 3.32. The minimum absolute atomic E-state index is 0.142. The fraction of sp³-hybridized carbons (Fsp3) is 0.650. The van der Waals surface area contributed by atoms with Crippen molar-refractivity contribution in [1.82, 2.24) is 5.32 Å². The zero-order chi connectivity index (χ0) is 16.5. The summed E-state index contributed by atoms with van der Waals surface area (Å²) in [5, 5.41) is 3.30. The number of carbonyl (C=O) groups excluding carboxylic acids is 1. The lowest BCUT2D eigenvalue weighted by atomic mass is 9.82. The maximum absolute atomic E-state index is 12.9. The van der Waals surface area contributed by atoms with Crippen LogP contribution in [0.15, 0.2) is 24.3 Å². The van der Waals surface area contributed by atoms with Gasteiger partial charge in [-0.05, 0) is 50.7 Å². The molecule has 2 aliphatic rings. The highest BCUT2D eigenvalue weighted by Gasteiger charge is 2.41. The topological polar surface area (TPSA) is 55.1 Å². The van der Waals surface area contributed by atoms with Crippen LogP contribution in [0, 0.1) is 0 Å². The highest BCUT2D eigenvalue weighted by atomic mass is 16.2. The predicted molar refractivity (Wildman–Crippen MR) is 94.2 cm³/mol. The molecule has 1 aromatic carbocycles. The average molecular weight is 314 g/mol. The highest BCUT2D eigenvalue weighted by Crippen LogP contribution is 2.43. The van der Waals surface area contributed by atoms with E-state index in [1.807, 2.05) is 19.9 Å². The van der Waals surface area contributed by atoms with Gasteiger partial charge in [-0.1, -0.05) is 49.9 Å². The molecule has 0 bridgehead atoms. The zero-order valence-electron chi connectivity index (χ0n) is 14.5. The number of nitrogens with two attached hydrogens (primary N) is 1. The van der Waals surface area contributed by atoms with Gasteiger partial charge < -0.3 is 11.1 Å². The van der Waals surface area contributed by atoms with Crippen molar-refractivity contribution >= 4 is 5.91 Å². The van der Waals surface area contributed by atoms with Crippen molar-refractivity contribution in [2.24, 2.45) is 5.73 Å². The van der Waals surface area contributed by atoms with E-state index in [0.29, 0.717) is 6.04 Å². The summed E-state index contributed by atoms with van der Waals surface area (Å²) in [6, 6.07) is 8.67. The Morgan fingerprint density at radius 1 is 1.17 bits per heavy atom. The number of hydrogen-bond acceptors (Lipinski definition) is 2. The fourth-order valence-electron chi connectivity index (χ4n) is 3.56. The van der Waals surface area contributed by atoms with Crippen molar-refractivity contribution in [3.05, 3.63) is 35.4 Å². The first-order valence-corrected chi connectivity index (χ1v) is 9.13. The molecule has 3 heteroatoms. The molecule has 2 fully saturated rings. The Kier molecular flexibility index (Phi) is 4.50. The largest absolute Gasteiger partial charge is 0.353 e. The Morgan fingerprint density at radius 2 is 1.83 bits per heavy atom. The molecule has 3 N–H and O–H groups in total. The fourth-order valence-corrected chi connectivity index (χ4v) is 3.56. The van der Waals surface area contributed by atoms with Crippen molar-refractivity contribution in [3.63, 3.8) is 0 Å². The number of nitrogens with one attached hydrogen (secondary N) is 1. The molecule has 126 valence electrons. The monoisotopic (exact) mass is 314 g/mol. The third kappa shape index (κ3) is 3.60. The maximum Gasteiger partial charge on any atom is 0.230 e. The molecule has 2 aliphatic carbocycles. The molecule has 2 saturated carbocycles.